The summed E-state index contributed by atoms with van der Waals surface area (Å²) in [6.45, 7) is -0.704. The second kappa shape index (κ2) is 4.49. The van der Waals surface area contributed by atoms with Gasteiger partial charge in [0.05, 0.1) is 5.69 Å². The summed E-state index contributed by atoms with van der Waals surface area (Å²) in [4.78, 5) is 0.469. The van der Waals surface area contributed by atoms with Crippen LogP contribution in [0.3, 0.4) is 0 Å². The maximum absolute atomic E-state index is 12.9. The standard InChI is InChI=1S/C10H10F3N3O2S/c11-10(12,13)9(5-14)16-6-15-19(17,18)8-4-2-1-3-7(8)16/h1-4,6,9H,5,14H2. The second-order valence-electron chi connectivity index (χ2n) is 3.86. The molecule has 5 nitrogen and oxygen atoms in total. The summed E-state index contributed by atoms with van der Waals surface area (Å²) in [6.07, 6.45) is -3.93. The van der Waals surface area contributed by atoms with Gasteiger partial charge in [0, 0.05) is 6.54 Å². The van der Waals surface area contributed by atoms with Crippen molar-refractivity contribution < 1.29 is 21.6 Å². The fourth-order valence-electron chi connectivity index (χ4n) is 1.77. The van der Waals surface area contributed by atoms with E-state index in [-0.39, 0.29) is 10.6 Å². The largest absolute Gasteiger partial charge is 0.410 e. The van der Waals surface area contributed by atoms with E-state index in [0.29, 0.717) is 6.34 Å². The first-order valence-corrected chi connectivity index (χ1v) is 6.66. The van der Waals surface area contributed by atoms with Crippen molar-refractivity contribution in [2.45, 2.75) is 17.1 Å². The summed E-state index contributed by atoms with van der Waals surface area (Å²) in [7, 11) is -3.94. The third-order valence-electron chi connectivity index (χ3n) is 2.67. The van der Waals surface area contributed by atoms with E-state index in [4.69, 9.17) is 5.73 Å². The van der Waals surface area contributed by atoms with Gasteiger partial charge in [0.1, 0.15) is 17.3 Å². The minimum Gasteiger partial charge on any atom is -0.328 e. The summed E-state index contributed by atoms with van der Waals surface area (Å²) in [5, 5.41) is 0. The Morgan fingerprint density at radius 3 is 2.53 bits per heavy atom. The van der Waals surface area contributed by atoms with Crippen molar-refractivity contribution in [1.82, 2.24) is 0 Å². The summed E-state index contributed by atoms with van der Waals surface area (Å²) in [5.41, 5.74) is 5.06. The van der Waals surface area contributed by atoms with E-state index < -0.39 is 28.8 Å². The van der Waals surface area contributed by atoms with Gasteiger partial charge in [-0.05, 0) is 12.1 Å². The highest BCUT2D eigenvalue weighted by Gasteiger charge is 2.44. The molecule has 2 N–H and O–H groups in total. The number of sulfonamides is 1. The number of hydrogen-bond donors (Lipinski definition) is 1. The van der Waals surface area contributed by atoms with Gasteiger partial charge >= 0.3 is 6.18 Å². The Bertz CT molecular complexity index is 613. The lowest BCUT2D eigenvalue weighted by Crippen LogP contribution is -2.51. The van der Waals surface area contributed by atoms with Crippen LogP contribution in [-0.2, 0) is 10.0 Å². The van der Waals surface area contributed by atoms with Gasteiger partial charge in [0.2, 0.25) is 0 Å². The lowest BCUT2D eigenvalue weighted by Gasteiger charge is -2.33. The first kappa shape index (κ1) is 13.8. The first-order chi connectivity index (χ1) is 8.77. The van der Waals surface area contributed by atoms with Gasteiger partial charge in [-0.3, -0.25) is 0 Å². The molecule has 0 amide bonds. The van der Waals surface area contributed by atoms with Gasteiger partial charge < -0.3 is 10.6 Å². The van der Waals surface area contributed by atoms with Gasteiger partial charge in [-0.1, -0.05) is 12.1 Å². The number of nitrogens with two attached hydrogens (primary N) is 1. The van der Waals surface area contributed by atoms with E-state index in [1.807, 2.05) is 0 Å². The van der Waals surface area contributed by atoms with Crippen LogP contribution >= 0.6 is 0 Å². The number of alkyl halides is 3. The predicted octanol–water partition coefficient (Wildman–Crippen LogP) is 1.11. The van der Waals surface area contributed by atoms with E-state index in [1.54, 1.807) is 0 Å². The van der Waals surface area contributed by atoms with E-state index in [1.165, 1.54) is 24.3 Å². The normalized spacial score (nSPS) is 19.1. The molecule has 1 unspecified atom stereocenters. The number of nitrogens with zero attached hydrogens (tertiary/aromatic N) is 2. The summed E-state index contributed by atoms with van der Waals surface area (Å²) < 4.78 is 65.0. The molecule has 0 radical (unpaired) electrons. The maximum Gasteiger partial charge on any atom is 0.410 e. The number of halogens is 3. The highest BCUT2D eigenvalue weighted by atomic mass is 32.2. The minimum atomic E-state index is -4.59. The van der Waals surface area contributed by atoms with Gasteiger partial charge in [0.25, 0.3) is 10.0 Å². The molecule has 1 aromatic rings. The van der Waals surface area contributed by atoms with Crippen molar-refractivity contribution in [2.75, 3.05) is 11.4 Å². The molecule has 1 aromatic carbocycles. The molecule has 0 fully saturated rings. The first-order valence-electron chi connectivity index (χ1n) is 5.22. The number of para-hydroxylation sites is 1. The number of anilines is 1. The molecule has 1 aliphatic rings. The number of benzene rings is 1. The van der Waals surface area contributed by atoms with Crippen molar-refractivity contribution in [2.24, 2.45) is 10.1 Å². The lowest BCUT2D eigenvalue weighted by molar-refractivity contribution is -0.144. The van der Waals surface area contributed by atoms with Crippen LogP contribution in [0.4, 0.5) is 18.9 Å². The summed E-state index contributed by atoms with van der Waals surface area (Å²) in [5.74, 6) is 0. The molecule has 104 valence electrons. The third-order valence-corrected chi connectivity index (χ3v) is 3.94. The zero-order valence-corrected chi connectivity index (χ0v) is 10.3. The van der Waals surface area contributed by atoms with Gasteiger partial charge in [-0.25, -0.2) is 0 Å². The Labute approximate surface area is 107 Å². The molecule has 2 rings (SSSR count). The molecular weight excluding hydrogens is 283 g/mol. The summed E-state index contributed by atoms with van der Waals surface area (Å²) in [6, 6.07) is 3.34. The SMILES string of the molecule is NCC(N1C=NS(=O)(=O)c2ccccc21)C(F)(F)F. The molecule has 0 spiro atoms. The second-order valence-corrected chi connectivity index (χ2v) is 5.46. The molecule has 0 aromatic heterocycles. The lowest BCUT2D eigenvalue weighted by atomic mass is 10.2. The molecule has 1 aliphatic heterocycles. The van der Waals surface area contributed by atoms with Crippen LogP contribution in [-0.4, -0.2) is 33.5 Å². The molecular formula is C10H10F3N3O2S. The number of hydrogen-bond acceptors (Lipinski definition) is 4. The highest BCUT2D eigenvalue weighted by molar-refractivity contribution is 7.90. The Morgan fingerprint density at radius 2 is 1.95 bits per heavy atom. The van der Waals surface area contributed by atoms with Crippen molar-refractivity contribution in [3.05, 3.63) is 24.3 Å². The molecule has 19 heavy (non-hydrogen) atoms. The Kier molecular flexibility index (Phi) is 3.27. The molecule has 9 heteroatoms. The predicted molar refractivity (Wildman–Crippen MR) is 63.5 cm³/mol. The Balaban J connectivity index is 2.57. The molecule has 1 heterocycles. The molecule has 0 aliphatic carbocycles. The third kappa shape index (κ3) is 2.43. The van der Waals surface area contributed by atoms with E-state index >= 15 is 0 Å². The quantitative estimate of drug-likeness (QED) is 0.886. The van der Waals surface area contributed by atoms with Gasteiger partial charge in [-0.15, -0.1) is 4.40 Å². The fraction of sp³-hybridized carbons (Fsp3) is 0.300. The van der Waals surface area contributed by atoms with Crippen molar-refractivity contribution >= 4 is 22.0 Å². The van der Waals surface area contributed by atoms with Crippen molar-refractivity contribution in [3.8, 4) is 0 Å². The van der Waals surface area contributed by atoms with Crippen LogP contribution in [0.2, 0.25) is 0 Å². The van der Waals surface area contributed by atoms with Crippen LogP contribution in [0.1, 0.15) is 0 Å². The van der Waals surface area contributed by atoms with Crippen LogP contribution in [0.25, 0.3) is 0 Å². The van der Waals surface area contributed by atoms with Crippen molar-refractivity contribution in [3.63, 3.8) is 0 Å². The van der Waals surface area contributed by atoms with Crippen molar-refractivity contribution in [1.29, 1.82) is 0 Å². The van der Waals surface area contributed by atoms with Crippen LogP contribution in [0.5, 0.6) is 0 Å². The van der Waals surface area contributed by atoms with Crippen LogP contribution < -0.4 is 10.6 Å². The Hall–Kier alpha value is -1.61. The number of fused-ring (bicyclic) bond motifs is 1. The Morgan fingerprint density at radius 1 is 1.32 bits per heavy atom. The minimum absolute atomic E-state index is 0.0784. The van der Waals surface area contributed by atoms with E-state index in [0.717, 1.165) is 4.90 Å². The average Bonchev–Trinajstić information content (AvgIpc) is 2.32. The monoisotopic (exact) mass is 293 g/mol. The highest BCUT2D eigenvalue weighted by Crippen LogP contribution is 2.34. The van der Waals surface area contributed by atoms with E-state index in [9.17, 15) is 21.6 Å². The molecule has 0 bridgehead atoms. The smallest absolute Gasteiger partial charge is 0.328 e. The zero-order chi connectivity index (χ0) is 14.3. The topological polar surface area (TPSA) is 75.8 Å². The molecule has 0 saturated heterocycles. The molecule has 1 atom stereocenters. The van der Waals surface area contributed by atoms with Gasteiger partial charge in [-0.2, -0.15) is 21.6 Å². The molecule has 0 saturated carbocycles. The average molecular weight is 293 g/mol. The zero-order valence-electron chi connectivity index (χ0n) is 9.50. The maximum atomic E-state index is 12.9. The van der Waals surface area contributed by atoms with Crippen LogP contribution in [0, 0.1) is 0 Å². The fourth-order valence-corrected chi connectivity index (χ4v) is 2.80. The summed E-state index contributed by atoms with van der Waals surface area (Å²) >= 11 is 0. The van der Waals surface area contributed by atoms with Gasteiger partial charge in [0.15, 0.2) is 0 Å². The number of rotatable bonds is 2. The van der Waals surface area contributed by atoms with E-state index in [2.05, 4.69) is 4.40 Å². The van der Waals surface area contributed by atoms with Crippen LogP contribution in [0.15, 0.2) is 33.6 Å².